The maximum atomic E-state index is 12.8. The van der Waals surface area contributed by atoms with E-state index in [4.69, 9.17) is 0 Å². The molecule has 0 unspecified atom stereocenters. The Morgan fingerprint density at radius 1 is 0.955 bits per heavy atom. The molecule has 1 fully saturated rings. The molecule has 22 heavy (non-hydrogen) atoms. The Labute approximate surface area is 129 Å². The lowest BCUT2D eigenvalue weighted by Crippen LogP contribution is -2.24. The van der Waals surface area contributed by atoms with Crippen LogP contribution >= 0.6 is 0 Å². The van der Waals surface area contributed by atoms with Gasteiger partial charge in [0.25, 0.3) is 0 Å². The van der Waals surface area contributed by atoms with E-state index in [1.807, 2.05) is 24.3 Å². The molecular weight excluding hydrogens is 279 g/mol. The van der Waals surface area contributed by atoms with Gasteiger partial charge in [-0.05, 0) is 48.2 Å². The van der Waals surface area contributed by atoms with Gasteiger partial charge in [-0.2, -0.15) is 0 Å². The van der Waals surface area contributed by atoms with E-state index in [1.165, 1.54) is 12.1 Å². The highest BCUT2D eigenvalue weighted by molar-refractivity contribution is 5.80. The second kappa shape index (κ2) is 6.60. The SMILES string of the molecule is O=C(NCc1ccc(NCc2ccc(F)cc2)cc1)C1CC1. The van der Waals surface area contributed by atoms with Crippen molar-refractivity contribution in [3.05, 3.63) is 65.5 Å². The summed E-state index contributed by atoms with van der Waals surface area (Å²) in [6.07, 6.45) is 2.05. The van der Waals surface area contributed by atoms with E-state index in [1.54, 1.807) is 12.1 Å². The van der Waals surface area contributed by atoms with Gasteiger partial charge in [0.05, 0.1) is 0 Å². The Morgan fingerprint density at radius 2 is 1.55 bits per heavy atom. The fourth-order valence-electron chi connectivity index (χ4n) is 2.23. The van der Waals surface area contributed by atoms with Gasteiger partial charge in [0.2, 0.25) is 5.91 Å². The first kappa shape index (κ1) is 14.6. The van der Waals surface area contributed by atoms with Crippen molar-refractivity contribution in [1.29, 1.82) is 0 Å². The van der Waals surface area contributed by atoms with Crippen molar-refractivity contribution in [2.75, 3.05) is 5.32 Å². The van der Waals surface area contributed by atoms with E-state index in [9.17, 15) is 9.18 Å². The van der Waals surface area contributed by atoms with Crippen LogP contribution < -0.4 is 10.6 Å². The standard InChI is InChI=1S/C18H19FN2O/c19-16-7-1-13(2-8-16)11-20-17-9-3-14(4-10-17)12-21-18(22)15-5-6-15/h1-4,7-10,15,20H,5-6,11-12H2,(H,21,22). The van der Waals surface area contributed by atoms with Crippen molar-refractivity contribution in [3.8, 4) is 0 Å². The largest absolute Gasteiger partial charge is 0.381 e. The van der Waals surface area contributed by atoms with Crippen LogP contribution in [-0.4, -0.2) is 5.91 Å². The van der Waals surface area contributed by atoms with Crippen molar-refractivity contribution in [1.82, 2.24) is 5.32 Å². The smallest absolute Gasteiger partial charge is 0.223 e. The summed E-state index contributed by atoms with van der Waals surface area (Å²) in [4.78, 5) is 11.6. The number of hydrogen-bond donors (Lipinski definition) is 2. The van der Waals surface area contributed by atoms with Crippen molar-refractivity contribution in [3.63, 3.8) is 0 Å². The van der Waals surface area contributed by atoms with Crippen LogP contribution in [0.5, 0.6) is 0 Å². The summed E-state index contributed by atoms with van der Waals surface area (Å²) >= 11 is 0. The predicted molar refractivity (Wildman–Crippen MR) is 84.7 cm³/mol. The van der Waals surface area contributed by atoms with E-state index in [0.717, 1.165) is 29.7 Å². The molecule has 0 aromatic heterocycles. The third kappa shape index (κ3) is 4.07. The molecule has 3 nitrogen and oxygen atoms in total. The summed E-state index contributed by atoms with van der Waals surface area (Å²) in [6.45, 7) is 1.23. The number of nitrogens with one attached hydrogen (secondary N) is 2. The van der Waals surface area contributed by atoms with Gasteiger partial charge < -0.3 is 10.6 Å². The van der Waals surface area contributed by atoms with Crippen LogP contribution in [0.4, 0.5) is 10.1 Å². The highest BCUT2D eigenvalue weighted by Gasteiger charge is 2.29. The molecule has 114 valence electrons. The van der Waals surface area contributed by atoms with Gasteiger partial charge >= 0.3 is 0 Å². The average molecular weight is 298 g/mol. The number of amides is 1. The first-order valence-electron chi connectivity index (χ1n) is 7.56. The van der Waals surface area contributed by atoms with Crippen LogP contribution in [0.1, 0.15) is 24.0 Å². The molecule has 0 radical (unpaired) electrons. The minimum absolute atomic E-state index is 0.165. The van der Waals surface area contributed by atoms with Gasteiger partial charge in [-0.25, -0.2) is 4.39 Å². The fourth-order valence-corrected chi connectivity index (χ4v) is 2.23. The number of carbonyl (C=O) groups is 1. The molecule has 0 aliphatic heterocycles. The first-order chi connectivity index (χ1) is 10.7. The summed E-state index contributed by atoms with van der Waals surface area (Å²) in [5, 5.41) is 6.24. The number of rotatable bonds is 6. The molecule has 1 amide bonds. The zero-order valence-electron chi connectivity index (χ0n) is 12.3. The molecular formula is C18H19FN2O. The average Bonchev–Trinajstić information content (AvgIpc) is 3.38. The van der Waals surface area contributed by atoms with Crippen LogP contribution in [-0.2, 0) is 17.9 Å². The quantitative estimate of drug-likeness (QED) is 0.857. The number of hydrogen-bond acceptors (Lipinski definition) is 2. The molecule has 0 spiro atoms. The zero-order chi connectivity index (χ0) is 15.4. The van der Waals surface area contributed by atoms with Crippen molar-refractivity contribution in [2.45, 2.75) is 25.9 Å². The third-order valence-electron chi connectivity index (χ3n) is 3.78. The third-order valence-corrected chi connectivity index (χ3v) is 3.78. The summed E-state index contributed by atoms with van der Waals surface area (Å²) < 4.78 is 12.8. The Hall–Kier alpha value is -2.36. The molecule has 3 rings (SSSR count). The van der Waals surface area contributed by atoms with E-state index in [0.29, 0.717) is 13.1 Å². The predicted octanol–water partition coefficient (Wildman–Crippen LogP) is 3.46. The number of carbonyl (C=O) groups excluding carboxylic acids is 1. The van der Waals surface area contributed by atoms with Gasteiger partial charge in [0.1, 0.15) is 5.82 Å². The molecule has 1 aliphatic carbocycles. The maximum Gasteiger partial charge on any atom is 0.223 e. The van der Waals surface area contributed by atoms with Crippen LogP contribution in [0.25, 0.3) is 0 Å². The van der Waals surface area contributed by atoms with E-state index in [-0.39, 0.29) is 17.6 Å². The lowest BCUT2D eigenvalue weighted by Gasteiger charge is -2.08. The highest BCUT2D eigenvalue weighted by atomic mass is 19.1. The summed E-state index contributed by atoms with van der Waals surface area (Å²) in [5.41, 5.74) is 3.12. The molecule has 2 aromatic carbocycles. The van der Waals surface area contributed by atoms with Gasteiger partial charge in [-0.1, -0.05) is 24.3 Å². The first-order valence-corrected chi connectivity index (χ1v) is 7.56. The van der Waals surface area contributed by atoms with Gasteiger partial charge in [-0.3, -0.25) is 4.79 Å². The molecule has 0 atom stereocenters. The second-order valence-corrected chi connectivity index (χ2v) is 5.67. The lowest BCUT2D eigenvalue weighted by molar-refractivity contribution is -0.122. The van der Waals surface area contributed by atoms with Crippen LogP contribution in [0, 0.1) is 11.7 Å². The molecule has 2 aromatic rings. The van der Waals surface area contributed by atoms with Crippen LogP contribution in [0.3, 0.4) is 0 Å². The minimum Gasteiger partial charge on any atom is -0.381 e. The molecule has 1 saturated carbocycles. The molecule has 0 bridgehead atoms. The minimum atomic E-state index is -0.221. The molecule has 2 N–H and O–H groups in total. The van der Waals surface area contributed by atoms with E-state index >= 15 is 0 Å². The van der Waals surface area contributed by atoms with Crippen LogP contribution in [0.15, 0.2) is 48.5 Å². The number of benzene rings is 2. The van der Waals surface area contributed by atoms with E-state index < -0.39 is 0 Å². The topological polar surface area (TPSA) is 41.1 Å². The Balaban J connectivity index is 1.48. The van der Waals surface area contributed by atoms with Crippen molar-refractivity contribution in [2.24, 2.45) is 5.92 Å². The highest BCUT2D eigenvalue weighted by Crippen LogP contribution is 2.28. The Bertz CT molecular complexity index is 633. The van der Waals surface area contributed by atoms with Gasteiger partial charge in [0, 0.05) is 24.7 Å². The summed E-state index contributed by atoms with van der Waals surface area (Å²) in [6, 6.07) is 14.4. The van der Waals surface area contributed by atoms with Crippen LogP contribution in [0.2, 0.25) is 0 Å². The molecule has 0 heterocycles. The normalized spacial score (nSPS) is 13.7. The number of halogens is 1. The second-order valence-electron chi connectivity index (χ2n) is 5.67. The van der Waals surface area contributed by atoms with Gasteiger partial charge in [0.15, 0.2) is 0 Å². The summed E-state index contributed by atoms with van der Waals surface area (Å²) in [7, 11) is 0. The Kier molecular flexibility index (Phi) is 4.37. The lowest BCUT2D eigenvalue weighted by atomic mass is 10.2. The number of anilines is 1. The molecule has 0 saturated heterocycles. The Morgan fingerprint density at radius 3 is 2.18 bits per heavy atom. The maximum absolute atomic E-state index is 12.8. The fraction of sp³-hybridized carbons (Fsp3) is 0.278. The monoisotopic (exact) mass is 298 g/mol. The summed E-state index contributed by atoms with van der Waals surface area (Å²) in [5.74, 6) is 0.191. The molecule has 1 aliphatic rings. The zero-order valence-corrected chi connectivity index (χ0v) is 12.3. The van der Waals surface area contributed by atoms with Gasteiger partial charge in [-0.15, -0.1) is 0 Å². The molecule has 4 heteroatoms. The van der Waals surface area contributed by atoms with Crippen molar-refractivity contribution < 1.29 is 9.18 Å². The van der Waals surface area contributed by atoms with Crippen molar-refractivity contribution >= 4 is 11.6 Å². The van der Waals surface area contributed by atoms with E-state index in [2.05, 4.69) is 10.6 Å².